The van der Waals surface area contributed by atoms with Gasteiger partial charge in [0.2, 0.25) is 5.91 Å². The Kier molecular flexibility index (Phi) is 6.56. The third-order valence-electron chi connectivity index (χ3n) is 4.52. The highest BCUT2D eigenvalue weighted by atomic mass is 19.4. The molecule has 0 saturated carbocycles. The Hall–Kier alpha value is -3.13. The van der Waals surface area contributed by atoms with E-state index in [0.29, 0.717) is 17.1 Å². The van der Waals surface area contributed by atoms with Crippen molar-refractivity contribution in [3.8, 4) is 11.3 Å². The zero-order valence-electron chi connectivity index (χ0n) is 15.7. The maximum atomic E-state index is 13.8. The lowest BCUT2D eigenvalue weighted by molar-refractivity contribution is -0.139. The average molecular weight is 421 g/mol. The van der Waals surface area contributed by atoms with Crippen LogP contribution in [0, 0.1) is 5.82 Å². The van der Waals surface area contributed by atoms with Gasteiger partial charge in [0.15, 0.2) is 0 Å². The molecule has 8 heteroatoms. The van der Waals surface area contributed by atoms with E-state index in [9.17, 15) is 27.5 Å². The topological polar surface area (TPSA) is 62.5 Å². The Balaban J connectivity index is 1.53. The van der Waals surface area contributed by atoms with Crippen molar-refractivity contribution in [3.63, 3.8) is 0 Å². The van der Waals surface area contributed by atoms with Gasteiger partial charge in [-0.05, 0) is 35.9 Å². The number of hydrogen-bond donors (Lipinski definition) is 2. The average Bonchev–Trinajstić information content (AvgIpc) is 3.19. The number of aryl methyl sites for hydroxylation is 1. The number of amides is 1. The normalized spacial score (nSPS) is 12.6. The number of hydrogen-bond acceptors (Lipinski definition) is 3. The SMILES string of the molecule is O=C(CCc1ccc(-c2ccccc2F)o1)NCC(O)c1ccccc1C(F)(F)F. The minimum atomic E-state index is -4.60. The van der Waals surface area contributed by atoms with Gasteiger partial charge in [0.25, 0.3) is 0 Å². The van der Waals surface area contributed by atoms with Crippen LogP contribution in [0.4, 0.5) is 17.6 Å². The molecule has 1 atom stereocenters. The predicted molar refractivity (Wildman–Crippen MR) is 102 cm³/mol. The van der Waals surface area contributed by atoms with Crippen LogP contribution >= 0.6 is 0 Å². The first-order valence-corrected chi connectivity index (χ1v) is 9.20. The second kappa shape index (κ2) is 9.13. The van der Waals surface area contributed by atoms with E-state index in [4.69, 9.17) is 4.42 Å². The molecule has 158 valence electrons. The van der Waals surface area contributed by atoms with Crippen molar-refractivity contribution in [3.05, 3.63) is 83.4 Å². The third-order valence-corrected chi connectivity index (χ3v) is 4.52. The minimum absolute atomic E-state index is 0.00212. The summed E-state index contributed by atoms with van der Waals surface area (Å²) in [5.74, 6) is -0.0827. The smallest absolute Gasteiger partial charge is 0.416 e. The lowest BCUT2D eigenvalue weighted by atomic mass is 10.0. The maximum absolute atomic E-state index is 13.8. The number of carbonyl (C=O) groups excluding carboxylic acids is 1. The van der Waals surface area contributed by atoms with E-state index in [1.54, 1.807) is 30.3 Å². The van der Waals surface area contributed by atoms with Crippen LogP contribution in [0.2, 0.25) is 0 Å². The highest BCUT2D eigenvalue weighted by molar-refractivity contribution is 5.76. The highest BCUT2D eigenvalue weighted by Gasteiger charge is 2.34. The first kappa shape index (κ1) is 21.6. The molecule has 1 amide bonds. The Morgan fingerprint density at radius 1 is 1.03 bits per heavy atom. The number of aliphatic hydroxyl groups excluding tert-OH is 1. The zero-order valence-corrected chi connectivity index (χ0v) is 15.7. The van der Waals surface area contributed by atoms with E-state index in [1.807, 2.05) is 0 Å². The molecule has 30 heavy (non-hydrogen) atoms. The number of aliphatic hydroxyl groups is 1. The first-order valence-electron chi connectivity index (χ1n) is 9.20. The summed E-state index contributed by atoms with van der Waals surface area (Å²) < 4.78 is 58.5. The molecule has 0 bridgehead atoms. The molecule has 3 rings (SSSR count). The van der Waals surface area contributed by atoms with Crippen LogP contribution in [0.15, 0.2) is 65.1 Å². The van der Waals surface area contributed by atoms with Gasteiger partial charge in [-0.15, -0.1) is 0 Å². The highest BCUT2D eigenvalue weighted by Crippen LogP contribution is 2.34. The van der Waals surface area contributed by atoms with Crippen molar-refractivity contribution >= 4 is 5.91 Å². The quantitative estimate of drug-likeness (QED) is 0.534. The number of benzene rings is 2. The lowest BCUT2D eigenvalue weighted by Gasteiger charge is -2.17. The van der Waals surface area contributed by atoms with E-state index in [2.05, 4.69) is 5.32 Å². The number of furan rings is 1. The van der Waals surface area contributed by atoms with Crippen molar-refractivity contribution in [2.45, 2.75) is 25.1 Å². The second-order valence-electron chi connectivity index (χ2n) is 6.65. The summed E-state index contributed by atoms with van der Waals surface area (Å²) in [6, 6.07) is 14.0. The molecule has 2 N–H and O–H groups in total. The van der Waals surface area contributed by atoms with Gasteiger partial charge in [-0.2, -0.15) is 13.2 Å². The lowest BCUT2D eigenvalue weighted by Crippen LogP contribution is -2.29. The number of alkyl halides is 3. The van der Waals surface area contributed by atoms with Crippen molar-refractivity contribution in [1.29, 1.82) is 0 Å². The Labute approximate surface area is 170 Å². The van der Waals surface area contributed by atoms with Crippen LogP contribution in [0.25, 0.3) is 11.3 Å². The van der Waals surface area contributed by atoms with Crippen molar-refractivity contribution < 1.29 is 31.9 Å². The molecule has 0 saturated heterocycles. The van der Waals surface area contributed by atoms with Crippen LogP contribution in [0.3, 0.4) is 0 Å². The third kappa shape index (κ3) is 5.27. The van der Waals surface area contributed by atoms with Crippen LogP contribution in [-0.4, -0.2) is 17.6 Å². The van der Waals surface area contributed by atoms with Gasteiger partial charge < -0.3 is 14.8 Å². The molecule has 1 unspecified atom stereocenters. The summed E-state index contributed by atoms with van der Waals surface area (Å²) in [4.78, 5) is 12.0. The van der Waals surface area contributed by atoms with E-state index in [1.165, 1.54) is 24.3 Å². The summed E-state index contributed by atoms with van der Waals surface area (Å²) in [6.45, 7) is -0.357. The standard InChI is InChI=1S/C22H19F4NO3/c23-18-8-4-2-6-16(18)20-11-9-14(30-20)10-12-21(29)27-13-19(28)15-5-1-3-7-17(15)22(24,25)26/h1-9,11,19,28H,10,12-13H2,(H,27,29). The number of carbonyl (C=O) groups is 1. The molecule has 4 nitrogen and oxygen atoms in total. The summed E-state index contributed by atoms with van der Waals surface area (Å²) in [6.07, 6.45) is -5.88. The number of nitrogens with one attached hydrogen (secondary N) is 1. The summed E-state index contributed by atoms with van der Waals surface area (Å²) in [7, 11) is 0. The van der Waals surface area contributed by atoms with Crippen molar-refractivity contribution in [2.24, 2.45) is 0 Å². The molecule has 1 aromatic heterocycles. The van der Waals surface area contributed by atoms with Crippen molar-refractivity contribution in [1.82, 2.24) is 5.32 Å². The van der Waals surface area contributed by atoms with Gasteiger partial charge >= 0.3 is 6.18 Å². The predicted octanol–water partition coefficient (Wildman–Crippen LogP) is 4.89. The fourth-order valence-corrected chi connectivity index (χ4v) is 3.01. The molecule has 1 heterocycles. The zero-order chi connectivity index (χ0) is 21.7. The van der Waals surface area contributed by atoms with Gasteiger partial charge in [0.05, 0.1) is 17.2 Å². The number of rotatable bonds is 7. The first-order chi connectivity index (χ1) is 14.3. The summed E-state index contributed by atoms with van der Waals surface area (Å²) in [5.41, 5.74) is -0.937. The Morgan fingerprint density at radius 3 is 2.47 bits per heavy atom. The van der Waals surface area contributed by atoms with Gasteiger partial charge in [0.1, 0.15) is 17.3 Å². The van der Waals surface area contributed by atoms with Crippen LogP contribution < -0.4 is 5.32 Å². The molecule has 2 aromatic carbocycles. The van der Waals surface area contributed by atoms with Gasteiger partial charge in [-0.1, -0.05) is 30.3 Å². The minimum Gasteiger partial charge on any atom is -0.461 e. The van der Waals surface area contributed by atoms with Gasteiger partial charge in [0, 0.05) is 19.4 Å². The van der Waals surface area contributed by atoms with E-state index < -0.39 is 29.6 Å². The fraction of sp³-hybridized carbons (Fsp3) is 0.227. The van der Waals surface area contributed by atoms with Crippen LogP contribution in [0.5, 0.6) is 0 Å². The molecule has 3 aromatic rings. The Morgan fingerprint density at radius 2 is 1.73 bits per heavy atom. The van der Waals surface area contributed by atoms with Crippen LogP contribution in [-0.2, 0) is 17.4 Å². The summed E-state index contributed by atoms with van der Waals surface area (Å²) in [5, 5.41) is 12.5. The second-order valence-corrected chi connectivity index (χ2v) is 6.65. The molecular weight excluding hydrogens is 402 g/mol. The molecular formula is C22H19F4NO3. The Bertz CT molecular complexity index is 1010. The molecule has 0 aliphatic carbocycles. The molecule has 0 radical (unpaired) electrons. The van der Waals surface area contributed by atoms with Crippen molar-refractivity contribution in [2.75, 3.05) is 6.54 Å². The largest absolute Gasteiger partial charge is 0.461 e. The summed E-state index contributed by atoms with van der Waals surface area (Å²) >= 11 is 0. The van der Waals surface area contributed by atoms with E-state index in [-0.39, 0.29) is 24.9 Å². The molecule has 0 spiro atoms. The molecule has 0 aliphatic heterocycles. The fourth-order valence-electron chi connectivity index (χ4n) is 3.01. The van der Waals surface area contributed by atoms with Gasteiger partial charge in [-0.25, -0.2) is 4.39 Å². The number of halogens is 4. The maximum Gasteiger partial charge on any atom is 0.416 e. The molecule has 0 aliphatic rings. The van der Waals surface area contributed by atoms with E-state index >= 15 is 0 Å². The molecule has 0 fully saturated rings. The van der Waals surface area contributed by atoms with Gasteiger partial charge in [-0.3, -0.25) is 4.79 Å². The van der Waals surface area contributed by atoms with E-state index in [0.717, 1.165) is 6.07 Å². The monoisotopic (exact) mass is 421 g/mol. The van der Waals surface area contributed by atoms with Crippen LogP contribution in [0.1, 0.15) is 29.4 Å².